The first kappa shape index (κ1) is 15.4. The van der Waals surface area contributed by atoms with Crippen molar-refractivity contribution in [1.82, 2.24) is 0 Å². The van der Waals surface area contributed by atoms with Gasteiger partial charge in [0.1, 0.15) is 5.75 Å². The maximum atomic E-state index is 5.29. The van der Waals surface area contributed by atoms with E-state index < -0.39 is 0 Å². The van der Waals surface area contributed by atoms with Crippen LogP contribution in [0.25, 0.3) is 0 Å². The van der Waals surface area contributed by atoms with Crippen LogP contribution in [0.2, 0.25) is 0 Å². The van der Waals surface area contributed by atoms with E-state index in [4.69, 9.17) is 14.2 Å². The summed E-state index contributed by atoms with van der Waals surface area (Å²) in [5, 5.41) is 0. The predicted molar refractivity (Wildman–Crippen MR) is 87.5 cm³/mol. The van der Waals surface area contributed by atoms with Crippen LogP contribution in [0.5, 0.6) is 17.2 Å². The molecule has 0 atom stereocenters. The Morgan fingerprint density at radius 2 is 1.52 bits per heavy atom. The average molecular weight is 350 g/mol. The summed E-state index contributed by atoms with van der Waals surface area (Å²) in [7, 11) is 4.85. The second-order valence-electron chi connectivity index (χ2n) is 4.18. The zero-order valence-electron chi connectivity index (χ0n) is 12.1. The zero-order chi connectivity index (χ0) is 15.2. The van der Waals surface area contributed by atoms with Crippen LogP contribution < -0.4 is 14.2 Å². The van der Waals surface area contributed by atoms with Gasteiger partial charge in [-0.25, -0.2) is 0 Å². The summed E-state index contributed by atoms with van der Waals surface area (Å²) < 4.78 is 16.5. The molecule has 2 aromatic carbocycles. The number of halogens is 1. The molecule has 0 N–H and O–H groups in total. The molecule has 0 radical (unpaired) electrons. The van der Waals surface area contributed by atoms with E-state index >= 15 is 0 Å². The second-order valence-corrected chi connectivity index (χ2v) is 5.04. The van der Waals surface area contributed by atoms with Crippen LogP contribution in [0.4, 0.5) is 5.69 Å². The van der Waals surface area contributed by atoms with E-state index in [2.05, 4.69) is 20.9 Å². The van der Waals surface area contributed by atoms with Crippen molar-refractivity contribution in [1.29, 1.82) is 0 Å². The lowest BCUT2D eigenvalue weighted by Gasteiger charge is -2.09. The lowest BCUT2D eigenvalue weighted by Crippen LogP contribution is -1.93. The van der Waals surface area contributed by atoms with Crippen molar-refractivity contribution in [3.8, 4) is 17.2 Å². The second kappa shape index (κ2) is 7.13. The van der Waals surface area contributed by atoms with E-state index in [1.54, 1.807) is 27.5 Å². The van der Waals surface area contributed by atoms with Gasteiger partial charge in [0, 0.05) is 16.3 Å². The van der Waals surface area contributed by atoms with Crippen molar-refractivity contribution >= 4 is 27.8 Å². The van der Waals surface area contributed by atoms with Crippen molar-refractivity contribution < 1.29 is 14.2 Å². The highest BCUT2D eigenvalue weighted by Gasteiger charge is 2.08. The third kappa shape index (κ3) is 3.76. The molecule has 21 heavy (non-hydrogen) atoms. The summed E-state index contributed by atoms with van der Waals surface area (Å²) in [5.74, 6) is 2.14. The molecule has 0 heterocycles. The Balaban J connectivity index is 2.27. The Kier molecular flexibility index (Phi) is 5.22. The SMILES string of the molecule is COc1ccc(N=Cc2cc(OC)c(OC)cc2Br)cc1. The van der Waals surface area contributed by atoms with Gasteiger partial charge >= 0.3 is 0 Å². The van der Waals surface area contributed by atoms with Crippen LogP contribution in [0, 0.1) is 0 Å². The first-order chi connectivity index (χ1) is 10.2. The number of aliphatic imine (C=N–C) groups is 1. The highest BCUT2D eigenvalue weighted by Crippen LogP contribution is 2.32. The summed E-state index contributed by atoms with van der Waals surface area (Å²) in [6, 6.07) is 11.3. The van der Waals surface area contributed by atoms with E-state index in [-0.39, 0.29) is 0 Å². The molecule has 0 bridgehead atoms. The lowest BCUT2D eigenvalue weighted by molar-refractivity contribution is 0.354. The minimum Gasteiger partial charge on any atom is -0.497 e. The first-order valence-corrected chi connectivity index (χ1v) is 7.07. The Labute approximate surface area is 132 Å². The molecule has 0 aromatic heterocycles. The number of methoxy groups -OCH3 is 3. The van der Waals surface area contributed by atoms with Gasteiger partial charge in [0.2, 0.25) is 0 Å². The van der Waals surface area contributed by atoms with E-state index in [1.165, 1.54) is 0 Å². The molecule has 4 nitrogen and oxygen atoms in total. The van der Waals surface area contributed by atoms with Gasteiger partial charge in [0.25, 0.3) is 0 Å². The molecular formula is C16H16BrNO3. The van der Waals surface area contributed by atoms with Crippen molar-refractivity contribution in [2.45, 2.75) is 0 Å². The van der Waals surface area contributed by atoms with E-state index in [0.29, 0.717) is 11.5 Å². The van der Waals surface area contributed by atoms with Gasteiger partial charge in [0.15, 0.2) is 11.5 Å². The smallest absolute Gasteiger partial charge is 0.161 e. The monoisotopic (exact) mass is 349 g/mol. The number of nitrogens with zero attached hydrogens (tertiary/aromatic N) is 1. The topological polar surface area (TPSA) is 40.0 Å². The van der Waals surface area contributed by atoms with Gasteiger partial charge in [-0.15, -0.1) is 0 Å². The normalized spacial score (nSPS) is 10.7. The summed E-state index contributed by atoms with van der Waals surface area (Å²) in [5.41, 5.74) is 1.75. The minimum atomic E-state index is 0.664. The van der Waals surface area contributed by atoms with Crippen molar-refractivity contribution in [2.24, 2.45) is 4.99 Å². The van der Waals surface area contributed by atoms with E-state index in [1.807, 2.05) is 36.4 Å². The third-order valence-electron chi connectivity index (χ3n) is 2.93. The highest BCUT2D eigenvalue weighted by atomic mass is 79.9. The number of rotatable bonds is 5. The van der Waals surface area contributed by atoms with Crippen molar-refractivity contribution in [3.63, 3.8) is 0 Å². The maximum absolute atomic E-state index is 5.29. The summed E-state index contributed by atoms with van der Waals surface area (Å²) in [4.78, 5) is 4.44. The number of hydrogen-bond acceptors (Lipinski definition) is 4. The number of hydrogen-bond donors (Lipinski definition) is 0. The van der Waals surface area contributed by atoms with Gasteiger partial charge in [-0.1, -0.05) is 0 Å². The quantitative estimate of drug-likeness (QED) is 0.758. The standard InChI is InChI=1S/C16H16BrNO3/c1-19-13-6-4-12(5-7-13)18-10-11-8-15(20-2)16(21-3)9-14(11)17/h4-10H,1-3H3. The van der Waals surface area contributed by atoms with Crippen LogP contribution in [0.3, 0.4) is 0 Å². The maximum Gasteiger partial charge on any atom is 0.161 e. The zero-order valence-corrected chi connectivity index (χ0v) is 13.7. The molecule has 0 saturated carbocycles. The fourth-order valence-corrected chi connectivity index (χ4v) is 2.21. The average Bonchev–Trinajstić information content (AvgIpc) is 2.53. The largest absolute Gasteiger partial charge is 0.497 e. The predicted octanol–water partition coefficient (Wildman–Crippen LogP) is 4.23. The molecule has 5 heteroatoms. The Bertz CT molecular complexity index is 639. The molecular weight excluding hydrogens is 334 g/mol. The summed E-state index contributed by atoms with van der Waals surface area (Å²) in [6.07, 6.45) is 1.77. The first-order valence-electron chi connectivity index (χ1n) is 6.27. The molecule has 0 spiro atoms. The Morgan fingerprint density at radius 1 is 0.905 bits per heavy atom. The molecule has 2 rings (SSSR count). The summed E-state index contributed by atoms with van der Waals surface area (Å²) in [6.45, 7) is 0. The molecule has 0 aliphatic rings. The third-order valence-corrected chi connectivity index (χ3v) is 3.61. The molecule has 0 unspecified atom stereocenters. The number of ether oxygens (including phenoxy) is 3. The van der Waals surface area contributed by atoms with E-state index in [9.17, 15) is 0 Å². The molecule has 110 valence electrons. The van der Waals surface area contributed by atoms with Gasteiger partial charge in [0.05, 0.1) is 27.0 Å². The van der Waals surface area contributed by atoms with Gasteiger partial charge in [-0.3, -0.25) is 4.99 Å². The van der Waals surface area contributed by atoms with Crippen LogP contribution in [0.15, 0.2) is 45.9 Å². The van der Waals surface area contributed by atoms with Crippen LogP contribution in [0.1, 0.15) is 5.56 Å². The van der Waals surface area contributed by atoms with Crippen molar-refractivity contribution in [2.75, 3.05) is 21.3 Å². The Morgan fingerprint density at radius 3 is 2.10 bits per heavy atom. The number of benzene rings is 2. The molecule has 0 amide bonds. The lowest BCUT2D eigenvalue weighted by atomic mass is 10.2. The molecule has 0 aliphatic heterocycles. The van der Waals surface area contributed by atoms with Gasteiger partial charge in [-0.2, -0.15) is 0 Å². The fourth-order valence-electron chi connectivity index (χ4n) is 1.78. The Hall–Kier alpha value is -2.01. The van der Waals surface area contributed by atoms with E-state index in [0.717, 1.165) is 21.5 Å². The summed E-state index contributed by atoms with van der Waals surface area (Å²) >= 11 is 3.50. The van der Waals surface area contributed by atoms with Crippen molar-refractivity contribution in [3.05, 3.63) is 46.4 Å². The molecule has 2 aromatic rings. The highest BCUT2D eigenvalue weighted by molar-refractivity contribution is 9.10. The fraction of sp³-hybridized carbons (Fsp3) is 0.188. The van der Waals surface area contributed by atoms with Gasteiger partial charge < -0.3 is 14.2 Å². The molecule has 0 saturated heterocycles. The molecule has 0 aliphatic carbocycles. The molecule has 0 fully saturated rings. The van der Waals surface area contributed by atoms with Crippen LogP contribution in [-0.4, -0.2) is 27.5 Å². The minimum absolute atomic E-state index is 0.664. The van der Waals surface area contributed by atoms with Crippen LogP contribution in [-0.2, 0) is 0 Å². The van der Waals surface area contributed by atoms with Crippen LogP contribution >= 0.6 is 15.9 Å². The van der Waals surface area contributed by atoms with Gasteiger partial charge in [-0.05, 0) is 52.3 Å².